The summed E-state index contributed by atoms with van der Waals surface area (Å²) >= 11 is 0. The third-order valence-corrected chi connectivity index (χ3v) is 2.35. The van der Waals surface area contributed by atoms with Gasteiger partial charge in [0.2, 0.25) is 0 Å². The fraction of sp³-hybridized carbons (Fsp3) is 0.214. The third kappa shape index (κ3) is 6.51. The molecule has 0 atom stereocenters. The second-order valence-electron chi connectivity index (χ2n) is 4.00. The first-order valence-corrected chi connectivity index (χ1v) is 5.87. The van der Waals surface area contributed by atoms with Crippen LogP contribution in [-0.4, -0.2) is 25.1 Å². The highest BCUT2D eigenvalue weighted by Gasteiger charge is 2.30. The number of ether oxygens (including phenoxy) is 1. The van der Waals surface area contributed by atoms with Crippen molar-refractivity contribution in [1.82, 2.24) is 0 Å². The Hall–Kier alpha value is -2.44. The molecule has 7 heteroatoms. The lowest BCUT2D eigenvalue weighted by atomic mass is 10.2. The van der Waals surface area contributed by atoms with E-state index in [4.69, 9.17) is 0 Å². The number of allylic oxidation sites excluding steroid dienone is 1. The highest BCUT2D eigenvalue weighted by Crippen LogP contribution is 2.25. The topological polar surface area (TPSA) is 46.3 Å². The van der Waals surface area contributed by atoms with Gasteiger partial charge >= 0.3 is 6.36 Å². The molecule has 0 unspecified atom stereocenters. The number of benzene rings is 1. The molecule has 0 amide bonds. The average Bonchev–Trinajstić information content (AvgIpc) is 2.39. The van der Waals surface area contributed by atoms with Gasteiger partial charge in [-0.1, -0.05) is 0 Å². The molecule has 0 aliphatic heterocycles. The molecule has 0 heterocycles. The van der Waals surface area contributed by atoms with E-state index in [0.717, 1.165) is 5.57 Å². The van der Waals surface area contributed by atoms with E-state index in [1.54, 1.807) is 20.0 Å². The van der Waals surface area contributed by atoms with Crippen molar-refractivity contribution < 1.29 is 17.9 Å². The molecule has 112 valence electrons. The number of alkyl halides is 3. The van der Waals surface area contributed by atoms with Gasteiger partial charge in [-0.25, -0.2) is 4.99 Å². The molecular weight excluding hydrogens is 283 g/mol. The van der Waals surface area contributed by atoms with E-state index in [9.17, 15) is 13.2 Å². The Balaban J connectivity index is 2.82. The van der Waals surface area contributed by atoms with Crippen LogP contribution in [-0.2, 0) is 0 Å². The highest BCUT2D eigenvalue weighted by atomic mass is 19.4. The Morgan fingerprint density at radius 1 is 1.19 bits per heavy atom. The standard InChI is InChI=1S/C14H14F3N3O/c1-10(8-19-9-18-3)11(2)20-12-4-6-13(7-5-12)21-14(15,16)17/h4-9H,3H2,1-2H3/b10-8+,19-9-,20-11+. The Labute approximate surface area is 120 Å². The maximum atomic E-state index is 12.0. The summed E-state index contributed by atoms with van der Waals surface area (Å²) in [4.78, 5) is 11.6. The fourth-order valence-electron chi connectivity index (χ4n) is 1.29. The maximum absolute atomic E-state index is 12.0. The average molecular weight is 297 g/mol. The van der Waals surface area contributed by atoms with Crippen LogP contribution in [0.2, 0.25) is 0 Å². The normalized spacial score (nSPS) is 13.6. The Morgan fingerprint density at radius 3 is 2.33 bits per heavy atom. The van der Waals surface area contributed by atoms with Crippen LogP contribution in [0.4, 0.5) is 18.9 Å². The number of nitrogens with zero attached hydrogens (tertiary/aromatic N) is 3. The summed E-state index contributed by atoms with van der Waals surface area (Å²) in [5, 5.41) is 0. The summed E-state index contributed by atoms with van der Waals surface area (Å²) in [6.07, 6.45) is -1.84. The summed E-state index contributed by atoms with van der Waals surface area (Å²) in [7, 11) is 0. The number of rotatable bonds is 5. The molecule has 21 heavy (non-hydrogen) atoms. The van der Waals surface area contributed by atoms with Crippen molar-refractivity contribution in [3.63, 3.8) is 0 Å². The highest BCUT2D eigenvalue weighted by molar-refractivity contribution is 5.99. The Kier molecular flexibility index (Phi) is 5.83. The molecule has 0 N–H and O–H groups in total. The third-order valence-electron chi connectivity index (χ3n) is 2.35. The lowest BCUT2D eigenvalue weighted by Gasteiger charge is -2.08. The quantitative estimate of drug-likeness (QED) is 0.590. The van der Waals surface area contributed by atoms with Crippen LogP contribution in [0.5, 0.6) is 5.75 Å². The van der Waals surface area contributed by atoms with Gasteiger partial charge in [0.25, 0.3) is 0 Å². The molecule has 0 aliphatic carbocycles. The van der Waals surface area contributed by atoms with E-state index in [2.05, 4.69) is 26.4 Å². The van der Waals surface area contributed by atoms with Gasteiger partial charge in [0.05, 0.1) is 5.69 Å². The van der Waals surface area contributed by atoms with Crippen molar-refractivity contribution in [3.8, 4) is 5.75 Å². The first-order valence-electron chi connectivity index (χ1n) is 5.87. The van der Waals surface area contributed by atoms with Gasteiger partial charge in [-0.2, -0.15) is 0 Å². The molecule has 0 bridgehead atoms. The van der Waals surface area contributed by atoms with Crippen LogP contribution in [0.1, 0.15) is 13.8 Å². The molecule has 4 nitrogen and oxygen atoms in total. The molecule has 1 rings (SSSR count). The van der Waals surface area contributed by atoms with Crippen LogP contribution in [0.3, 0.4) is 0 Å². The number of halogens is 3. The van der Waals surface area contributed by atoms with E-state index in [1.165, 1.54) is 30.6 Å². The van der Waals surface area contributed by atoms with E-state index in [0.29, 0.717) is 11.4 Å². The largest absolute Gasteiger partial charge is 0.573 e. The molecule has 0 spiro atoms. The summed E-state index contributed by atoms with van der Waals surface area (Å²) in [5.74, 6) is -0.284. The summed E-state index contributed by atoms with van der Waals surface area (Å²) in [5.41, 5.74) is 1.99. The van der Waals surface area contributed by atoms with Crippen LogP contribution >= 0.6 is 0 Å². The zero-order chi connectivity index (χ0) is 15.9. The predicted octanol–water partition coefficient (Wildman–Crippen LogP) is 4.31. The van der Waals surface area contributed by atoms with Crippen LogP contribution in [0.25, 0.3) is 0 Å². The van der Waals surface area contributed by atoms with E-state index < -0.39 is 6.36 Å². The smallest absolute Gasteiger partial charge is 0.406 e. The molecule has 0 fully saturated rings. The van der Waals surface area contributed by atoms with Crippen LogP contribution < -0.4 is 4.74 Å². The van der Waals surface area contributed by atoms with Gasteiger partial charge < -0.3 is 4.74 Å². The zero-order valence-corrected chi connectivity index (χ0v) is 11.6. The van der Waals surface area contributed by atoms with Crippen LogP contribution in [0, 0.1) is 0 Å². The van der Waals surface area contributed by atoms with E-state index >= 15 is 0 Å². The summed E-state index contributed by atoms with van der Waals surface area (Å²) in [6, 6.07) is 5.29. The minimum Gasteiger partial charge on any atom is -0.406 e. The minimum atomic E-state index is -4.70. The lowest BCUT2D eigenvalue weighted by Crippen LogP contribution is -2.16. The number of hydrogen-bond donors (Lipinski definition) is 0. The van der Waals surface area contributed by atoms with Gasteiger partial charge in [-0.3, -0.25) is 9.98 Å². The molecular formula is C14H14F3N3O. The first-order chi connectivity index (χ1) is 9.81. The van der Waals surface area contributed by atoms with Gasteiger partial charge in [-0.05, 0) is 50.4 Å². The second-order valence-corrected chi connectivity index (χ2v) is 4.00. The van der Waals surface area contributed by atoms with Crippen molar-refractivity contribution in [1.29, 1.82) is 0 Å². The molecule has 0 aromatic heterocycles. The van der Waals surface area contributed by atoms with Gasteiger partial charge in [0.15, 0.2) is 0 Å². The van der Waals surface area contributed by atoms with Crippen molar-refractivity contribution >= 4 is 24.5 Å². The van der Waals surface area contributed by atoms with Crippen molar-refractivity contribution in [2.75, 3.05) is 0 Å². The SMILES string of the molecule is C=N\C=N/C=C(C)/C(C)=N/c1ccc(OC(F)(F)F)cc1. The number of hydrogen-bond acceptors (Lipinski definition) is 3. The number of aliphatic imine (C=N–C) groups is 3. The molecule has 1 aromatic carbocycles. The summed E-state index contributed by atoms with van der Waals surface area (Å²) < 4.78 is 39.8. The minimum absolute atomic E-state index is 0.284. The molecule has 0 saturated carbocycles. The zero-order valence-electron chi connectivity index (χ0n) is 11.6. The van der Waals surface area contributed by atoms with Gasteiger partial charge in [0.1, 0.15) is 12.1 Å². The predicted molar refractivity (Wildman–Crippen MR) is 77.7 cm³/mol. The van der Waals surface area contributed by atoms with E-state index in [-0.39, 0.29) is 5.75 Å². The van der Waals surface area contributed by atoms with Crippen molar-refractivity contribution in [2.45, 2.75) is 20.2 Å². The van der Waals surface area contributed by atoms with Crippen molar-refractivity contribution in [2.24, 2.45) is 15.0 Å². The lowest BCUT2D eigenvalue weighted by molar-refractivity contribution is -0.274. The van der Waals surface area contributed by atoms with E-state index in [1.807, 2.05) is 0 Å². The summed E-state index contributed by atoms with van der Waals surface area (Å²) in [6.45, 7) is 6.83. The Morgan fingerprint density at radius 2 is 1.81 bits per heavy atom. The molecule has 0 radical (unpaired) electrons. The van der Waals surface area contributed by atoms with Crippen LogP contribution in [0.15, 0.2) is 51.0 Å². The monoisotopic (exact) mass is 297 g/mol. The Bertz CT molecular complexity index is 572. The van der Waals surface area contributed by atoms with Gasteiger partial charge in [0, 0.05) is 11.9 Å². The molecule has 0 saturated heterocycles. The molecule has 1 aromatic rings. The maximum Gasteiger partial charge on any atom is 0.573 e. The van der Waals surface area contributed by atoms with Gasteiger partial charge in [-0.15, -0.1) is 13.2 Å². The second kappa shape index (κ2) is 7.37. The first kappa shape index (κ1) is 16.6. The molecule has 0 aliphatic rings. The van der Waals surface area contributed by atoms with Crippen molar-refractivity contribution in [3.05, 3.63) is 36.0 Å². The fourth-order valence-corrected chi connectivity index (χ4v) is 1.29.